The molecule has 3 nitrogen and oxygen atoms in total. The fourth-order valence-electron chi connectivity index (χ4n) is 1.56. The Bertz CT molecular complexity index is 644. The van der Waals surface area contributed by atoms with Crippen LogP contribution in [-0.4, -0.2) is 13.0 Å². The third kappa shape index (κ3) is 3.14. The van der Waals surface area contributed by atoms with Gasteiger partial charge in [-0.2, -0.15) is 0 Å². The van der Waals surface area contributed by atoms with Crippen molar-refractivity contribution in [3.05, 3.63) is 58.1 Å². The van der Waals surface area contributed by atoms with Crippen molar-refractivity contribution in [1.29, 1.82) is 0 Å². The van der Waals surface area contributed by atoms with E-state index in [1.54, 1.807) is 12.1 Å². The normalized spacial score (nSPS) is 10.2. The van der Waals surface area contributed by atoms with Gasteiger partial charge in [-0.05, 0) is 46.3 Å². The third-order valence-corrected chi connectivity index (χ3v) is 3.22. The number of ether oxygens (including phenoxy) is 1. The largest absolute Gasteiger partial charge is 0.497 e. The Morgan fingerprint density at radius 1 is 1.15 bits per heavy atom. The summed E-state index contributed by atoms with van der Waals surface area (Å²) in [5, 5.41) is 2.32. The van der Waals surface area contributed by atoms with Crippen LogP contribution in [0.15, 0.2) is 40.9 Å². The minimum absolute atomic E-state index is 0.00236. The first kappa shape index (κ1) is 14.5. The molecule has 104 valence electrons. The summed E-state index contributed by atoms with van der Waals surface area (Å²) >= 11 is 2.87. The molecule has 0 bridgehead atoms. The highest BCUT2D eigenvalue weighted by molar-refractivity contribution is 9.10. The number of hydrogen-bond donors (Lipinski definition) is 1. The lowest BCUT2D eigenvalue weighted by Crippen LogP contribution is -2.13. The summed E-state index contributed by atoms with van der Waals surface area (Å²) in [4.78, 5) is 11.9. The van der Waals surface area contributed by atoms with Gasteiger partial charge in [0.2, 0.25) is 0 Å². The van der Waals surface area contributed by atoms with Gasteiger partial charge in [-0.15, -0.1) is 0 Å². The van der Waals surface area contributed by atoms with Gasteiger partial charge < -0.3 is 10.1 Å². The third-order valence-electron chi connectivity index (χ3n) is 2.61. The van der Waals surface area contributed by atoms with Crippen LogP contribution in [-0.2, 0) is 0 Å². The number of rotatable bonds is 3. The standard InChI is InChI=1S/C14H10BrF2NO2/c1-20-9-4-2-8(3-5-9)14(19)18-13-7-11(16)10(15)6-12(13)17/h2-7H,1H3,(H,18,19). The number of anilines is 1. The zero-order valence-corrected chi connectivity index (χ0v) is 12.0. The van der Waals surface area contributed by atoms with Crippen molar-refractivity contribution < 1.29 is 18.3 Å². The van der Waals surface area contributed by atoms with E-state index in [9.17, 15) is 13.6 Å². The van der Waals surface area contributed by atoms with Crippen LogP contribution >= 0.6 is 15.9 Å². The molecule has 2 aromatic rings. The summed E-state index contributed by atoms with van der Waals surface area (Å²) in [6.45, 7) is 0. The molecule has 6 heteroatoms. The highest BCUT2D eigenvalue weighted by atomic mass is 79.9. The Morgan fingerprint density at radius 2 is 1.80 bits per heavy atom. The Morgan fingerprint density at radius 3 is 2.40 bits per heavy atom. The van der Waals surface area contributed by atoms with Crippen molar-refractivity contribution in [2.24, 2.45) is 0 Å². The van der Waals surface area contributed by atoms with Crippen molar-refractivity contribution in [1.82, 2.24) is 0 Å². The van der Waals surface area contributed by atoms with Crippen LogP contribution in [0.4, 0.5) is 14.5 Å². The summed E-state index contributed by atoms with van der Waals surface area (Å²) in [6, 6.07) is 8.14. The zero-order chi connectivity index (χ0) is 14.7. The molecule has 20 heavy (non-hydrogen) atoms. The predicted octanol–water partition coefficient (Wildman–Crippen LogP) is 3.99. The van der Waals surface area contributed by atoms with Gasteiger partial charge in [0.05, 0.1) is 17.3 Å². The molecule has 0 saturated carbocycles. The van der Waals surface area contributed by atoms with E-state index in [0.29, 0.717) is 11.3 Å². The van der Waals surface area contributed by atoms with E-state index in [1.165, 1.54) is 19.2 Å². The number of carbonyl (C=O) groups is 1. The summed E-state index contributed by atoms with van der Waals surface area (Å²) in [5.74, 6) is -1.31. The van der Waals surface area contributed by atoms with Crippen LogP contribution in [0.2, 0.25) is 0 Å². The fourth-order valence-corrected chi connectivity index (χ4v) is 1.87. The molecule has 0 atom stereocenters. The van der Waals surface area contributed by atoms with Crippen molar-refractivity contribution in [2.45, 2.75) is 0 Å². The number of amides is 1. The second-order valence-corrected chi connectivity index (χ2v) is 4.78. The minimum atomic E-state index is -0.722. The molecule has 1 N–H and O–H groups in total. The summed E-state index contributed by atoms with van der Waals surface area (Å²) in [6.07, 6.45) is 0. The van der Waals surface area contributed by atoms with E-state index >= 15 is 0 Å². The summed E-state index contributed by atoms with van der Waals surface area (Å²) < 4.78 is 31.9. The molecule has 2 rings (SSSR count). The van der Waals surface area contributed by atoms with Crippen molar-refractivity contribution in [3.8, 4) is 5.75 Å². The second-order valence-electron chi connectivity index (χ2n) is 3.93. The number of methoxy groups -OCH3 is 1. The van der Waals surface area contributed by atoms with Gasteiger partial charge in [-0.25, -0.2) is 8.78 Å². The lowest BCUT2D eigenvalue weighted by molar-refractivity contribution is 0.102. The molecular weight excluding hydrogens is 332 g/mol. The first-order valence-corrected chi connectivity index (χ1v) is 6.40. The van der Waals surface area contributed by atoms with Crippen LogP contribution in [0.3, 0.4) is 0 Å². The van der Waals surface area contributed by atoms with Crippen LogP contribution in [0.1, 0.15) is 10.4 Å². The molecule has 0 aliphatic rings. The SMILES string of the molecule is COc1ccc(C(=O)Nc2cc(F)c(Br)cc2F)cc1. The lowest BCUT2D eigenvalue weighted by atomic mass is 10.2. The molecular formula is C14H10BrF2NO2. The van der Waals surface area contributed by atoms with E-state index < -0.39 is 17.5 Å². The Kier molecular flexibility index (Phi) is 4.34. The molecule has 0 aromatic heterocycles. The van der Waals surface area contributed by atoms with Gasteiger partial charge in [0, 0.05) is 11.6 Å². The molecule has 1 amide bonds. The van der Waals surface area contributed by atoms with Crippen molar-refractivity contribution in [3.63, 3.8) is 0 Å². The van der Waals surface area contributed by atoms with Crippen molar-refractivity contribution in [2.75, 3.05) is 12.4 Å². The molecule has 0 fully saturated rings. The summed E-state index contributed by atoms with van der Waals surface area (Å²) in [5.41, 5.74) is 0.0973. The maximum atomic E-state index is 13.6. The maximum absolute atomic E-state index is 13.6. The van der Waals surface area contributed by atoms with E-state index in [-0.39, 0.29) is 10.2 Å². The molecule has 0 spiro atoms. The Hall–Kier alpha value is -1.95. The fraction of sp³-hybridized carbons (Fsp3) is 0.0714. The number of nitrogens with one attached hydrogen (secondary N) is 1. The van der Waals surface area contributed by atoms with Crippen LogP contribution in [0.5, 0.6) is 5.75 Å². The minimum Gasteiger partial charge on any atom is -0.497 e. The van der Waals surface area contributed by atoms with Crippen LogP contribution in [0.25, 0.3) is 0 Å². The van der Waals surface area contributed by atoms with Crippen LogP contribution in [0, 0.1) is 11.6 Å². The Balaban J connectivity index is 2.20. The average molecular weight is 342 g/mol. The number of carbonyl (C=O) groups excluding carboxylic acids is 1. The smallest absolute Gasteiger partial charge is 0.255 e. The molecule has 0 radical (unpaired) electrons. The van der Waals surface area contributed by atoms with E-state index in [2.05, 4.69) is 21.2 Å². The van der Waals surface area contributed by atoms with Gasteiger partial charge in [-0.1, -0.05) is 0 Å². The highest BCUT2D eigenvalue weighted by Crippen LogP contribution is 2.24. The lowest BCUT2D eigenvalue weighted by Gasteiger charge is -2.08. The zero-order valence-electron chi connectivity index (χ0n) is 10.4. The maximum Gasteiger partial charge on any atom is 0.255 e. The average Bonchev–Trinajstić information content (AvgIpc) is 2.44. The van der Waals surface area contributed by atoms with E-state index in [4.69, 9.17) is 4.74 Å². The molecule has 0 saturated heterocycles. The monoisotopic (exact) mass is 341 g/mol. The Labute approximate surface area is 122 Å². The number of hydrogen-bond acceptors (Lipinski definition) is 2. The predicted molar refractivity (Wildman–Crippen MR) is 75.0 cm³/mol. The molecule has 0 heterocycles. The molecule has 0 unspecified atom stereocenters. The topological polar surface area (TPSA) is 38.3 Å². The van der Waals surface area contributed by atoms with Gasteiger partial charge in [0.1, 0.15) is 17.4 Å². The number of halogens is 3. The highest BCUT2D eigenvalue weighted by Gasteiger charge is 2.12. The van der Waals surface area contributed by atoms with E-state index in [0.717, 1.165) is 12.1 Å². The van der Waals surface area contributed by atoms with Crippen molar-refractivity contribution >= 4 is 27.5 Å². The first-order chi connectivity index (χ1) is 9.51. The second kappa shape index (κ2) is 6.00. The molecule has 0 aliphatic heterocycles. The molecule has 2 aromatic carbocycles. The molecule has 0 aliphatic carbocycles. The quantitative estimate of drug-likeness (QED) is 0.857. The van der Waals surface area contributed by atoms with Gasteiger partial charge in [0.15, 0.2) is 0 Å². The van der Waals surface area contributed by atoms with Gasteiger partial charge >= 0.3 is 0 Å². The first-order valence-electron chi connectivity index (χ1n) is 5.61. The van der Waals surface area contributed by atoms with Crippen LogP contribution < -0.4 is 10.1 Å². The van der Waals surface area contributed by atoms with Gasteiger partial charge in [-0.3, -0.25) is 4.79 Å². The summed E-state index contributed by atoms with van der Waals surface area (Å²) in [7, 11) is 1.51. The number of benzene rings is 2. The van der Waals surface area contributed by atoms with E-state index in [1.807, 2.05) is 0 Å². The van der Waals surface area contributed by atoms with Gasteiger partial charge in [0.25, 0.3) is 5.91 Å².